The van der Waals surface area contributed by atoms with Crippen LogP contribution in [0.5, 0.6) is 11.5 Å². The largest absolute Gasteiger partial charge is 0.486 e. The number of ether oxygens (including phenoxy) is 2. The van der Waals surface area contributed by atoms with Crippen LogP contribution in [0.2, 0.25) is 0 Å². The van der Waals surface area contributed by atoms with Crippen molar-refractivity contribution >= 4 is 50.3 Å². The average molecular weight is 434 g/mol. The van der Waals surface area contributed by atoms with Gasteiger partial charge in [0, 0.05) is 26.4 Å². The Balaban J connectivity index is 1.69. The second kappa shape index (κ2) is 6.89. The molecule has 0 saturated carbocycles. The maximum absolute atomic E-state index is 12.8. The van der Waals surface area contributed by atoms with Crippen molar-refractivity contribution in [2.24, 2.45) is 0 Å². The van der Waals surface area contributed by atoms with E-state index in [9.17, 15) is 4.79 Å². The van der Waals surface area contributed by atoms with E-state index >= 15 is 0 Å². The summed E-state index contributed by atoms with van der Waals surface area (Å²) in [6.07, 6.45) is 1.95. The molecule has 4 rings (SSSR count). The fourth-order valence-corrected chi connectivity index (χ4v) is 3.84. The van der Waals surface area contributed by atoms with Gasteiger partial charge >= 0.3 is 0 Å². The standard InChI is InChI=1S/C19H16BrNO4S/c1-10-12-7-11(20)3-4-14(12)25-18(10)19(22)21-13-8-15-16(9-17(13)26-2)24-6-5-23-15/h3-4,7-9H,5-6H2,1-2H3,(H,21,22). The number of aryl methyl sites for hydroxylation is 1. The molecule has 1 amide bonds. The summed E-state index contributed by atoms with van der Waals surface area (Å²) < 4.78 is 17.9. The highest BCUT2D eigenvalue weighted by molar-refractivity contribution is 9.10. The van der Waals surface area contributed by atoms with Crippen molar-refractivity contribution in [1.29, 1.82) is 0 Å². The number of thioether (sulfide) groups is 1. The SMILES string of the molecule is CSc1cc2c(cc1NC(=O)c1oc3ccc(Br)cc3c1C)OCCO2. The molecule has 0 unspecified atom stereocenters. The second-order valence-corrected chi connectivity index (χ2v) is 7.61. The lowest BCUT2D eigenvalue weighted by atomic mass is 10.1. The topological polar surface area (TPSA) is 60.7 Å². The monoisotopic (exact) mass is 433 g/mol. The fourth-order valence-electron chi connectivity index (χ4n) is 2.93. The number of nitrogens with one attached hydrogen (secondary N) is 1. The zero-order valence-corrected chi connectivity index (χ0v) is 16.6. The average Bonchev–Trinajstić information content (AvgIpc) is 2.97. The molecule has 0 atom stereocenters. The predicted octanol–water partition coefficient (Wildman–Crippen LogP) is 5.25. The molecular formula is C19H16BrNO4S. The number of furan rings is 1. The molecular weight excluding hydrogens is 418 g/mol. The van der Waals surface area contributed by atoms with Gasteiger partial charge in [-0.1, -0.05) is 15.9 Å². The Labute approximate surface area is 163 Å². The van der Waals surface area contributed by atoms with Gasteiger partial charge in [0.1, 0.15) is 18.8 Å². The highest BCUT2D eigenvalue weighted by atomic mass is 79.9. The van der Waals surface area contributed by atoms with Gasteiger partial charge in [0.05, 0.1) is 5.69 Å². The highest BCUT2D eigenvalue weighted by Gasteiger charge is 2.21. The number of amides is 1. The Morgan fingerprint density at radius 2 is 1.88 bits per heavy atom. The molecule has 3 aromatic rings. The van der Waals surface area contributed by atoms with Crippen molar-refractivity contribution in [1.82, 2.24) is 0 Å². The number of hydrogen-bond donors (Lipinski definition) is 1. The predicted molar refractivity (Wildman–Crippen MR) is 106 cm³/mol. The maximum Gasteiger partial charge on any atom is 0.291 e. The van der Waals surface area contributed by atoms with Crippen molar-refractivity contribution < 1.29 is 18.7 Å². The lowest BCUT2D eigenvalue weighted by Crippen LogP contribution is -2.17. The first kappa shape index (κ1) is 17.3. The minimum absolute atomic E-state index is 0.290. The summed E-state index contributed by atoms with van der Waals surface area (Å²) in [6.45, 7) is 2.91. The van der Waals surface area contributed by atoms with Crippen LogP contribution in [-0.4, -0.2) is 25.4 Å². The molecule has 1 aliphatic rings. The number of rotatable bonds is 3. The number of halogens is 1. The Morgan fingerprint density at radius 3 is 2.62 bits per heavy atom. The van der Waals surface area contributed by atoms with Gasteiger partial charge in [0.2, 0.25) is 0 Å². The van der Waals surface area contributed by atoms with E-state index in [1.165, 1.54) is 11.8 Å². The smallest absolute Gasteiger partial charge is 0.291 e. The number of carbonyl (C=O) groups excluding carboxylic acids is 1. The minimum atomic E-state index is -0.290. The van der Waals surface area contributed by atoms with Gasteiger partial charge in [0.15, 0.2) is 17.3 Å². The molecule has 1 aromatic heterocycles. The van der Waals surface area contributed by atoms with Gasteiger partial charge in [-0.3, -0.25) is 4.79 Å². The second-order valence-electron chi connectivity index (χ2n) is 5.85. The lowest BCUT2D eigenvalue weighted by Gasteiger charge is -2.20. The molecule has 7 heteroatoms. The lowest BCUT2D eigenvalue weighted by molar-refractivity contribution is 0.0997. The van der Waals surface area contributed by atoms with Crippen LogP contribution >= 0.6 is 27.7 Å². The molecule has 0 saturated heterocycles. The van der Waals surface area contributed by atoms with E-state index in [1.807, 2.05) is 37.4 Å². The molecule has 0 fully saturated rings. The van der Waals surface area contributed by atoms with Crippen molar-refractivity contribution in [3.8, 4) is 11.5 Å². The Kier molecular flexibility index (Phi) is 4.58. The van der Waals surface area contributed by atoms with Gasteiger partial charge in [-0.25, -0.2) is 0 Å². The quantitative estimate of drug-likeness (QED) is 0.571. The Morgan fingerprint density at radius 1 is 1.15 bits per heavy atom. The number of fused-ring (bicyclic) bond motifs is 2. The van der Waals surface area contributed by atoms with Gasteiger partial charge in [-0.05, 0) is 37.4 Å². The van der Waals surface area contributed by atoms with E-state index in [0.29, 0.717) is 41.7 Å². The molecule has 0 aliphatic carbocycles. The van der Waals surface area contributed by atoms with Gasteiger partial charge in [0.25, 0.3) is 5.91 Å². The molecule has 5 nitrogen and oxygen atoms in total. The van der Waals surface area contributed by atoms with Crippen molar-refractivity contribution in [3.63, 3.8) is 0 Å². The van der Waals surface area contributed by atoms with Crippen LogP contribution in [0.25, 0.3) is 11.0 Å². The first-order chi connectivity index (χ1) is 12.6. The van der Waals surface area contributed by atoms with E-state index in [2.05, 4.69) is 21.2 Å². The molecule has 2 aromatic carbocycles. The normalized spacial score (nSPS) is 13.0. The highest BCUT2D eigenvalue weighted by Crippen LogP contribution is 2.39. The number of anilines is 1. The van der Waals surface area contributed by atoms with Crippen LogP contribution in [-0.2, 0) is 0 Å². The summed E-state index contributed by atoms with van der Waals surface area (Å²) in [5.41, 5.74) is 2.16. The Bertz CT molecular complexity index is 1010. The van der Waals surface area contributed by atoms with Gasteiger partial charge < -0.3 is 19.2 Å². The van der Waals surface area contributed by atoms with Crippen LogP contribution in [0.1, 0.15) is 16.1 Å². The summed E-state index contributed by atoms with van der Waals surface area (Å²) in [6, 6.07) is 9.37. The summed E-state index contributed by atoms with van der Waals surface area (Å²) in [5.74, 6) is 1.35. The van der Waals surface area contributed by atoms with E-state index in [-0.39, 0.29) is 5.91 Å². The maximum atomic E-state index is 12.8. The van der Waals surface area contributed by atoms with Crippen LogP contribution in [0.3, 0.4) is 0 Å². The first-order valence-electron chi connectivity index (χ1n) is 8.04. The molecule has 0 bridgehead atoms. The van der Waals surface area contributed by atoms with Gasteiger partial charge in [-0.15, -0.1) is 11.8 Å². The molecule has 0 spiro atoms. The summed E-state index contributed by atoms with van der Waals surface area (Å²) >= 11 is 4.98. The number of hydrogen-bond acceptors (Lipinski definition) is 5. The number of benzene rings is 2. The molecule has 0 radical (unpaired) electrons. The molecule has 26 heavy (non-hydrogen) atoms. The summed E-state index contributed by atoms with van der Waals surface area (Å²) in [4.78, 5) is 13.7. The third-order valence-corrected chi connectivity index (χ3v) is 5.49. The van der Waals surface area contributed by atoms with Crippen molar-refractivity contribution in [3.05, 3.63) is 46.1 Å². The van der Waals surface area contributed by atoms with Crippen LogP contribution in [0.4, 0.5) is 5.69 Å². The van der Waals surface area contributed by atoms with Gasteiger partial charge in [-0.2, -0.15) is 0 Å². The van der Waals surface area contributed by atoms with Crippen LogP contribution < -0.4 is 14.8 Å². The van der Waals surface area contributed by atoms with Crippen molar-refractivity contribution in [2.45, 2.75) is 11.8 Å². The van der Waals surface area contributed by atoms with E-state index in [4.69, 9.17) is 13.9 Å². The zero-order valence-electron chi connectivity index (χ0n) is 14.2. The third kappa shape index (κ3) is 3.05. The Hall–Kier alpha value is -2.12. The third-order valence-electron chi connectivity index (χ3n) is 4.22. The molecule has 1 aliphatic heterocycles. The van der Waals surface area contributed by atoms with Crippen LogP contribution in [0, 0.1) is 6.92 Å². The first-order valence-corrected chi connectivity index (χ1v) is 10.1. The van der Waals surface area contributed by atoms with Crippen LogP contribution in [0.15, 0.2) is 44.1 Å². The molecule has 134 valence electrons. The summed E-state index contributed by atoms with van der Waals surface area (Å²) in [7, 11) is 0. The number of carbonyl (C=O) groups is 1. The van der Waals surface area contributed by atoms with Crippen molar-refractivity contribution in [2.75, 3.05) is 24.8 Å². The van der Waals surface area contributed by atoms with E-state index in [1.54, 1.807) is 6.07 Å². The zero-order chi connectivity index (χ0) is 18.3. The minimum Gasteiger partial charge on any atom is -0.486 e. The van der Waals surface area contributed by atoms with E-state index in [0.717, 1.165) is 20.3 Å². The summed E-state index contributed by atoms with van der Waals surface area (Å²) in [5, 5.41) is 3.86. The van der Waals surface area contributed by atoms with E-state index < -0.39 is 0 Å². The fraction of sp³-hybridized carbons (Fsp3) is 0.211. The molecule has 1 N–H and O–H groups in total. The molecule has 2 heterocycles.